The van der Waals surface area contributed by atoms with Crippen LogP contribution >= 0.6 is 11.3 Å². The van der Waals surface area contributed by atoms with E-state index in [1.165, 1.54) is 11.3 Å². The largest absolute Gasteiger partial charge is 0.535 e. The van der Waals surface area contributed by atoms with Crippen molar-refractivity contribution in [2.75, 3.05) is 5.32 Å². The van der Waals surface area contributed by atoms with E-state index in [-0.39, 0.29) is 11.4 Å². The van der Waals surface area contributed by atoms with Crippen LogP contribution in [-0.4, -0.2) is 34.0 Å². The number of ether oxygens (including phenoxy) is 2. The van der Waals surface area contributed by atoms with Crippen molar-refractivity contribution in [2.45, 2.75) is 59.3 Å². The van der Waals surface area contributed by atoms with E-state index in [1.54, 1.807) is 46.9 Å². The van der Waals surface area contributed by atoms with E-state index >= 15 is 0 Å². The molecule has 0 unspecified atom stereocenters. The standard InChI is InChI=1S/C21H27N3O5S/c1-20(2,3)27-17(25)16(24-29-19(26)28-21(4,5)6)15-13-30-18(23-15)22-12-14-10-8-7-9-11-14/h7-11,13H,12H2,1-6H3,(H,22,23). The number of nitrogens with one attached hydrogen (secondary N) is 1. The van der Waals surface area contributed by atoms with Crippen molar-refractivity contribution in [3.05, 3.63) is 47.0 Å². The lowest BCUT2D eigenvalue weighted by molar-refractivity contribution is -0.146. The van der Waals surface area contributed by atoms with Gasteiger partial charge < -0.3 is 14.8 Å². The molecule has 0 aliphatic carbocycles. The summed E-state index contributed by atoms with van der Waals surface area (Å²) in [6.45, 7) is 10.8. The monoisotopic (exact) mass is 433 g/mol. The molecule has 162 valence electrons. The molecule has 1 aromatic carbocycles. The van der Waals surface area contributed by atoms with E-state index < -0.39 is 23.3 Å². The highest BCUT2D eigenvalue weighted by atomic mass is 32.1. The Bertz CT molecular complexity index is 895. The van der Waals surface area contributed by atoms with Gasteiger partial charge in [-0.15, -0.1) is 11.3 Å². The Kier molecular flexibility index (Phi) is 7.55. The molecule has 0 radical (unpaired) electrons. The lowest BCUT2D eigenvalue weighted by atomic mass is 10.2. The third kappa shape index (κ3) is 8.20. The van der Waals surface area contributed by atoms with Crippen LogP contribution < -0.4 is 5.32 Å². The average molecular weight is 434 g/mol. The smallest absolute Gasteiger partial charge is 0.455 e. The van der Waals surface area contributed by atoms with E-state index in [9.17, 15) is 9.59 Å². The highest BCUT2D eigenvalue weighted by Gasteiger charge is 2.26. The Morgan fingerprint density at radius 2 is 1.67 bits per heavy atom. The summed E-state index contributed by atoms with van der Waals surface area (Å²) in [7, 11) is 0. The Morgan fingerprint density at radius 3 is 2.27 bits per heavy atom. The maximum Gasteiger partial charge on any atom is 0.535 e. The van der Waals surface area contributed by atoms with Gasteiger partial charge in [0.25, 0.3) is 0 Å². The van der Waals surface area contributed by atoms with E-state index in [0.717, 1.165) is 5.56 Å². The van der Waals surface area contributed by atoms with Gasteiger partial charge in [0.2, 0.25) is 5.71 Å². The summed E-state index contributed by atoms with van der Waals surface area (Å²) in [6, 6.07) is 9.82. The van der Waals surface area contributed by atoms with Crippen LogP contribution in [0.15, 0.2) is 40.9 Å². The number of oxime groups is 1. The van der Waals surface area contributed by atoms with Crippen molar-refractivity contribution in [3.8, 4) is 0 Å². The highest BCUT2D eigenvalue weighted by Crippen LogP contribution is 2.19. The molecule has 0 bridgehead atoms. The van der Waals surface area contributed by atoms with Crippen LogP contribution in [0.5, 0.6) is 0 Å². The Labute approximate surface area is 180 Å². The zero-order valence-electron chi connectivity index (χ0n) is 18.0. The molecular weight excluding hydrogens is 406 g/mol. The predicted molar refractivity (Wildman–Crippen MR) is 116 cm³/mol. The number of hydrogen-bond donors (Lipinski definition) is 1. The quantitative estimate of drug-likeness (QED) is 0.304. The van der Waals surface area contributed by atoms with Gasteiger partial charge in [-0.25, -0.2) is 14.6 Å². The lowest BCUT2D eigenvalue weighted by Gasteiger charge is -2.19. The molecule has 2 aromatic rings. The molecule has 0 saturated carbocycles. The number of rotatable bonds is 6. The fraction of sp³-hybridized carbons (Fsp3) is 0.429. The van der Waals surface area contributed by atoms with E-state index in [0.29, 0.717) is 11.7 Å². The predicted octanol–water partition coefficient (Wildman–Crippen LogP) is 4.75. The number of thiazole rings is 1. The molecule has 9 heteroatoms. The molecule has 0 spiro atoms. The van der Waals surface area contributed by atoms with Gasteiger partial charge in [-0.1, -0.05) is 35.5 Å². The third-order valence-corrected chi connectivity index (χ3v) is 4.03. The summed E-state index contributed by atoms with van der Waals surface area (Å²) in [5.41, 5.74) is -0.418. The molecule has 0 saturated heterocycles. The third-order valence-electron chi connectivity index (χ3n) is 3.23. The molecule has 0 amide bonds. The number of nitrogens with zero attached hydrogens (tertiary/aromatic N) is 2. The normalized spacial score (nSPS) is 12.3. The van der Waals surface area contributed by atoms with Gasteiger partial charge in [0.15, 0.2) is 5.13 Å². The van der Waals surface area contributed by atoms with Crippen molar-refractivity contribution >= 4 is 34.3 Å². The number of anilines is 1. The second-order valence-electron chi connectivity index (χ2n) is 8.37. The Hall–Kier alpha value is -2.94. The van der Waals surface area contributed by atoms with Gasteiger partial charge in [-0.05, 0) is 47.1 Å². The van der Waals surface area contributed by atoms with E-state index in [4.69, 9.17) is 14.3 Å². The number of benzene rings is 1. The fourth-order valence-corrected chi connectivity index (χ4v) is 2.80. The number of esters is 1. The first kappa shape index (κ1) is 23.3. The topological polar surface area (TPSA) is 99.1 Å². The first-order valence-electron chi connectivity index (χ1n) is 9.38. The molecule has 30 heavy (non-hydrogen) atoms. The van der Waals surface area contributed by atoms with Crippen LogP contribution in [0, 0.1) is 0 Å². The van der Waals surface area contributed by atoms with Crippen LogP contribution in [0.4, 0.5) is 9.93 Å². The number of carbonyl (C=O) groups is 2. The molecule has 8 nitrogen and oxygen atoms in total. The second-order valence-corrected chi connectivity index (χ2v) is 9.23. The van der Waals surface area contributed by atoms with Crippen LogP contribution in [0.25, 0.3) is 0 Å². The van der Waals surface area contributed by atoms with Gasteiger partial charge in [-0.2, -0.15) is 0 Å². The summed E-state index contributed by atoms with van der Waals surface area (Å²) in [5, 5.41) is 9.08. The minimum Gasteiger partial charge on any atom is -0.455 e. The maximum atomic E-state index is 12.6. The number of carbonyl (C=O) groups excluding carboxylic acids is 2. The fourth-order valence-electron chi connectivity index (χ4n) is 2.10. The summed E-state index contributed by atoms with van der Waals surface area (Å²) < 4.78 is 10.4. The minimum atomic E-state index is -1.03. The first-order valence-corrected chi connectivity index (χ1v) is 10.3. The van der Waals surface area contributed by atoms with Crippen molar-refractivity contribution < 1.29 is 23.9 Å². The minimum absolute atomic E-state index is 0.222. The Morgan fingerprint density at radius 1 is 1.03 bits per heavy atom. The maximum absolute atomic E-state index is 12.6. The van der Waals surface area contributed by atoms with Crippen molar-refractivity contribution in [3.63, 3.8) is 0 Å². The molecule has 1 heterocycles. The Balaban J connectivity index is 2.17. The van der Waals surface area contributed by atoms with Crippen LogP contribution in [0.1, 0.15) is 52.8 Å². The molecule has 1 aromatic heterocycles. The second kappa shape index (κ2) is 9.71. The van der Waals surface area contributed by atoms with Gasteiger partial charge in [0, 0.05) is 11.9 Å². The van der Waals surface area contributed by atoms with Crippen molar-refractivity contribution in [2.24, 2.45) is 5.16 Å². The van der Waals surface area contributed by atoms with Crippen LogP contribution in [0.3, 0.4) is 0 Å². The van der Waals surface area contributed by atoms with Crippen LogP contribution in [-0.2, 0) is 25.7 Å². The van der Waals surface area contributed by atoms with Gasteiger partial charge in [0.1, 0.15) is 16.9 Å². The average Bonchev–Trinajstić information content (AvgIpc) is 3.06. The molecule has 0 atom stereocenters. The molecule has 0 fully saturated rings. The van der Waals surface area contributed by atoms with Crippen molar-refractivity contribution in [1.82, 2.24) is 4.98 Å². The van der Waals surface area contributed by atoms with Crippen molar-refractivity contribution in [1.29, 1.82) is 0 Å². The number of aromatic nitrogens is 1. The molecule has 2 rings (SSSR count). The van der Waals surface area contributed by atoms with Gasteiger partial charge >= 0.3 is 12.1 Å². The molecular formula is C21H27N3O5S. The zero-order chi connectivity index (χ0) is 22.4. The number of hydrogen-bond acceptors (Lipinski definition) is 9. The zero-order valence-corrected chi connectivity index (χ0v) is 18.8. The van der Waals surface area contributed by atoms with Gasteiger partial charge in [0.05, 0.1) is 0 Å². The van der Waals surface area contributed by atoms with Gasteiger partial charge in [-0.3, -0.25) is 4.84 Å². The summed E-state index contributed by atoms with van der Waals surface area (Å²) in [5.74, 6) is -0.758. The van der Waals surface area contributed by atoms with E-state index in [1.807, 2.05) is 30.3 Å². The highest BCUT2D eigenvalue weighted by molar-refractivity contribution is 7.14. The summed E-state index contributed by atoms with van der Waals surface area (Å²) in [6.07, 6.45) is -1.03. The summed E-state index contributed by atoms with van der Waals surface area (Å²) in [4.78, 5) is 33.6. The molecule has 0 aliphatic heterocycles. The van der Waals surface area contributed by atoms with E-state index in [2.05, 4.69) is 15.5 Å². The van der Waals surface area contributed by atoms with Crippen LogP contribution in [0.2, 0.25) is 0 Å². The molecule has 0 aliphatic rings. The first-order chi connectivity index (χ1) is 13.9. The molecule has 1 N–H and O–H groups in total. The summed E-state index contributed by atoms with van der Waals surface area (Å²) >= 11 is 1.29. The SMILES string of the molecule is CC(C)(C)OC(=O)ON=C(C(=O)OC(C)(C)C)c1csc(NCc2ccccc2)n1. The lowest BCUT2D eigenvalue weighted by Crippen LogP contribution is -2.30.